The first-order valence-electron chi connectivity index (χ1n) is 13.4. The van der Waals surface area contributed by atoms with Crippen LogP contribution in [0.15, 0.2) is 36.4 Å². The molecule has 0 aromatic heterocycles. The van der Waals surface area contributed by atoms with Crippen molar-refractivity contribution >= 4 is 35.4 Å². The molecule has 42 heavy (non-hydrogen) atoms. The molecule has 5 rings (SSSR count). The Labute approximate surface area is 245 Å². The molecule has 3 aliphatic rings. The van der Waals surface area contributed by atoms with Crippen molar-refractivity contribution in [2.24, 2.45) is 0 Å². The SMILES string of the molecule is Cc1ccc(OCC(=O)NC23CCC(NC(=O)COc4ccc(Cl)c(F)c4)(CC2)C[C@@H]3OC(=O)CCC(=O)O)cc1F. The number of carbonyl (C=O) groups is 4. The van der Waals surface area contributed by atoms with E-state index < -0.39 is 72.2 Å². The van der Waals surface area contributed by atoms with E-state index in [2.05, 4.69) is 10.6 Å². The Kier molecular flexibility index (Phi) is 9.55. The smallest absolute Gasteiger partial charge is 0.306 e. The van der Waals surface area contributed by atoms with Gasteiger partial charge in [0, 0.05) is 24.1 Å². The lowest BCUT2D eigenvalue weighted by molar-refractivity contribution is -0.168. The molecule has 0 radical (unpaired) electrons. The van der Waals surface area contributed by atoms with Crippen molar-refractivity contribution < 1.29 is 47.3 Å². The Bertz CT molecular complexity index is 1360. The van der Waals surface area contributed by atoms with Gasteiger partial charge in [-0.05, 0) is 56.4 Å². The first kappa shape index (κ1) is 31.0. The number of halogens is 3. The number of nitrogens with one attached hydrogen (secondary N) is 2. The molecule has 0 aliphatic heterocycles. The van der Waals surface area contributed by atoms with Crippen molar-refractivity contribution in [3.8, 4) is 11.5 Å². The normalized spacial score (nSPS) is 22.6. The first-order chi connectivity index (χ1) is 19.9. The van der Waals surface area contributed by atoms with Crippen LogP contribution in [0.25, 0.3) is 0 Å². The molecule has 1 atom stereocenters. The number of esters is 1. The van der Waals surface area contributed by atoms with Crippen molar-refractivity contribution in [2.45, 2.75) is 69.1 Å². The quantitative estimate of drug-likeness (QED) is 0.309. The summed E-state index contributed by atoms with van der Waals surface area (Å²) in [6.45, 7) is 0.796. The summed E-state index contributed by atoms with van der Waals surface area (Å²) in [7, 11) is 0. The lowest BCUT2D eigenvalue weighted by Gasteiger charge is -2.57. The summed E-state index contributed by atoms with van der Waals surface area (Å²) in [6.07, 6.45) is 0.102. The minimum Gasteiger partial charge on any atom is -0.484 e. The fraction of sp³-hybridized carbons (Fsp3) is 0.448. The summed E-state index contributed by atoms with van der Waals surface area (Å²) in [5.74, 6) is -3.74. The summed E-state index contributed by atoms with van der Waals surface area (Å²) >= 11 is 5.68. The second-order valence-corrected chi connectivity index (χ2v) is 11.1. The number of hydrogen-bond acceptors (Lipinski definition) is 7. The van der Waals surface area contributed by atoms with Gasteiger partial charge in [-0.3, -0.25) is 19.2 Å². The Morgan fingerprint density at radius 3 is 2.10 bits per heavy atom. The fourth-order valence-electron chi connectivity index (χ4n) is 5.39. The number of amides is 2. The van der Waals surface area contributed by atoms with Crippen LogP contribution in [0.3, 0.4) is 0 Å². The molecule has 10 nitrogen and oxygen atoms in total. The summed E-state index contributed by atoms with van der Waals surface area (Å²) in [6, 6.07) is 8.07. The molecule has 0 heterocycles. The number of carboxylic acid groups (broad SMARTS) is 1. The zero-order valence-corrected chi connectivity index (χ0v) is 23.6. The van der Waals surface area contributed by atoms with Gasteiger partial charge < -0.3 is 30.0 Å². The molecule has 2 aromatic rings. The average Bonchev–Trinajstić information content (AvgIpc) is 2.94. The monoisotopic (exact) mass is 608 g/mol. The molecule has 13 heteroatoms. The van der Waals surface area contributed by atoms with Gasteiger partial charge >= 0.3 is 11.9 Å². The Morgan fingerprint density at radius 1 is 0.905 bits per heavy atom. The molecule has 3 aliphatic carbocycles. The maximum Gasteiger partial charge on any atom is 0.306 e. The van der Waals surface area contributed by atoms with E-state index in [1.54, 1.807) is 13.0 Å². The predicted molar refractivity (Wildman–Crippen MR) is 145 cm³/mol. The van der Waals surface area contributed by atoms with Crippen LogP contribution < -0.4 is 20.1 Å². The molecule has 0 saturated heterocycles. The summed E-state index contributed by atoms with van der Waals surface area (Å²) < 4.78 is 44.1. The number of ether oxygens (including phenoxy) is 3. The number of rotatable bonds is 12. The number of aliphatic carboxylic acids is 1. The lowest BCUT2D eigenvalue weighted by Crippen LogP contribution is -2.71. The van der Waals surface area contributed by atoms with Gasteiger partial charge in [0.2, 0.25) is 0 Å². The van der Waals surface area contributed by atoms with E-state index in [1.165, 1.54) is 24.3 Å². The molecule has 2 aromatic carbocycles. The number of benzene rings is 2. The van der Waals surface area contributed by atoms with E-state index in [9.17, 15) is 28.0 Å². The highest BCUT2D eigenvalue weighted by molar-refractivity contribution is 6.30. The van der Waals surface area contributed by atoms with Gasteiger partial charge in [0.25, 0.3) is 11.8 Å². The zero-order valence-electron chi connectivity index (χ0n) is 22.8. The molecular formula is C29H31ClF2N2O8. The van der Waals surface area contributed by atoms with E-state index in [4.69, 9.17) is 30.9 Å². The molecule has 2 bridgehead atoms. The van der Waals surface area contributed by atoms with Gasteiger partial charge in [-0.2, -0.15) is 0 Å². The van der Waals surface area contributed by atoms with Crippen molar-refractivity contribution in [3.63, 3.8) is 0 Å². The minimum absolute atomic E-state index is 0.0785. The summed E-state index contributed by atoms with van der Waals surface area (Å²) in [5, 5.41) is 14.7. The molecule has 3 saturated carbocycles. The van der Waals surface area contributed by atoms with E-state index in [0.717, 1.165) is 6.07 Å². The largest absolute Gasteiger partial charge is 0.484 e. The lowest BCUT2D eigenvalue weighted by atomic mass is 9.59. The van der Waals surface area contributed by atoms with Gasteiger partial charge in [0.05, 0.1) is 23.4 Å². The number of carboxylic acids is 1. The summed E-state index contributed by atoms with van der Waals surface area (Å²) in [4.78, 5) is 49.2. The topological polar surface area (TPSA) is 140 Å². The number of hydrogen-bond donors (Lipinski definition) is 3. The average molecular weight is 609 g/mol. The van der Waals surface area contributed by atoms with Crippen molar-refractivity contribution in [1.82, 2.24) is 10.6 Å². The maximum atomic E-state index is 13.9. The van der Waals surface area contributed by atoms with Crippen LogP contribution in [0.1, 0.15) is 50.5 Å². The molecule has 0 spiro atoms. The van der Waals surface area contributed by atoms with E-state index in [0.29, 0.717) is 31.2 Å². The fourth-order valence-corrected chi connectivity index (χ4v) is 5.50. The standard InChI is InChI=1S/C29H31ClF2N2O8/c1-17-2-3-18(12-21(17)31)41-16-25(36)34-29-10-8-28(9-11-29,14-23(29)42-27(39)7-6-26(37)38)33-24(35)15-40-19-4-5-20(30)22(32)13-19/h2-5,12-13,23H,6-11,14-16H2,1H3,(H,33,35)(H,34,36)(H,37,38)/t23-,28?,29?/m0/s1. The van der Waals surface area contributed by atoms with Crippen LogP contribution in [-0.4, -0.2) is 59.3 Å². The second-order valence-electron chi connectivity index (χ2n) is 10.7. The third kappa shape index (κ3) is 7.67. The Morgan fingerprint density at radius 2 is 1.50 bits per heavy atom. The number of fused-ring (bicyclic) bond motifs is 3. The van der Waals surface area contributed by atoms with Crippen LogP contribution in [0.4, 0.5) is 8.78 Å². The van der Waals surface area contributed by atoms with Gasteiger partial charge in [0.1, 0.15) is 29.2 Å². The van der Waals surface area contributed by atoms with E-state index >= 15 is 0 Å². The molecule has 3 fully saturated rings. The van der Waals surface area contributed by atoms with Crippen molar-refractivity contribution in [2.75, 3.05) is 13.2 Å². The second kappa shape index (κ2) is 12.9. The van der Waals surface area contributed by atoms with E-state index in [1.807, 2.05) is 0 Å². The Balaban J connectivity index is 1.41. The first-order valence-corrected chi connectivity index (χ1v) is 13.8. The van der Waals surface area contributed by atoms with E-state index in [-0.39, 0.29) is 29.4 Å². The number of aryl methyl sites for hydroxylation is 1. The molecular weight excluding hydrogens is 578 g/mol. The predicted octanol–water partition coefficient (Wildman–Crippen LogP) is 3.85. The van der Waals surface area contributed by atoms with Gasteiger partial charge in [-0.1, -0.05) is 17.7 Å². The molecule has 3 N–H and O–H groups in total. The molecule has 0 unspecified atom stereocenters. The molecule has 2 amide bonds. The highest BCUT2D eigenvalue weighted by atomic mass is 35.5. The highest BCUT2D eigenvalue weighted by Crippen LogP contribution is 2.48. The highest BCUT2D eigenvalue weighted by Gasteiger charge is 2.57. The van der Waals surface area contributed by atoms with Crippen LogP contribution in [0.5, 0.6) is 11.5 Å². The van der Waals surface area contributed by atoms with Crippen LogP contribution in [-0.2, 0) is 23.9 Å². The summed E-state index contributed by atoms with van der Waals surface area (Å²) in [5.41, 5.74) is -1.31. The van der Waals surface area contributed by atoms with Crippen molar-refractivity contribution in [3.05, 3.63) is 58.6 Å². The maximum absolute atomic E-state index is 13.9. The minimum atomic E-state index is -1.16. The van der Waals surface area contributed by atoms with Gasteiger partial charge in [-0.25, -0.2) is 8.78 Å². The molecule has 226 valence electrons. The van der Waals surface area contributed by atoms with Crippen molar-refractivity contribution in [1.29, 1.82) is 0 Å². The van der Waals surface area contributed by atoms with Crippen LogP contribution >= 0.6 is 11.6 Å². The third-order valence-corrected chi connectivity index (χ3v) is 7.98. The van der Waals surface area contributed by atoms with Gasteiger partial charge in [0.15, 0.2) is 13.2 Å². The van der Waals surface area contributed by atoms with Gasteiger partial charge in [-0.15, -0.1) is 0 Å². The van der Waals surface area contributed by atoms with Crippen LogP contribution in [0, 0.1) is 18.6 Å². The number of carbonyl (C=O) groups excluding carboxylic acids is 3. The third-order valence-electron chi connectivity index (χ3n) is 7.68. The van der Waals surface area contributed by atoms with Crippen LogP contribution in [0.2, 0.25) is 5.02 Å². The zero-order chi connectivity index (χ0) is 30.5. The Hall–Kier alpha value is -3.93.